The molecule has 2 aromatic rings. The molecule has 0 spiro atoms. The minimum Gasteiger partial charge on any atom is -0.504 e. The molecule has 0 bridgehead atoms. The van der Waals surface area contributed by atoms with E-state index in [4.69, 9.17) is 4.74 Å². The highest BCUT2D eigenvalue weighted by Crippen LogP contribution is 2.31. The second kappa shape index (κ2) is 9.32. The zero-order chi connectivity index (χ0) is 20.8. The summed E-state index contributed by atoms with van der Waals surface area (Å²) in [4.78, 5) is 28.4. The number of phenols is 1. The van der Waals surface area contributed by atoms with Crippen LogP contribution in [0.4, 0.5) is 5.69 Å². The van der Waals surface area contributed by atoms with Gasteiger partial charge < -0.3 is 25.0 Å². The molecule has 1 aliphatic heterocycles. The van der Waals surface area contributed by atoms with Crippen LogP contribution < -0.4 is 15.0 Å². The number of benzene rings is 2. The number of hydrogen-bond acceptors (Lipinski definition) is 5. The van der Waals surface area contributed by atoms with Gasteiger partial charge in [-0.05, 0) is 24.1 Å². The Hall–Kier alpha value is -3.22. The van der Waals surface area contributed by atoms with Crippen molar-refractivity contribution >= 4 is 17.5 Å². The normalized spacial score (nSPS) is 16.4. The summed E-state index contributed by atoms with van der Waals surface area (Å²) in [5.41, 5.74) is 2.01. The second-order valence-corrected chi connectivity index (χ2v) is 7.08. The average molecular weight is 397 g/mol. The highest BCUT2D eigenvalue weighted by Gasteiger charge is 2.31. The van der Waals surface area contributed by atoms with Gasteiger partial charge >= 0.3 is 0 Å². The summed E-state index contributed by atoms with van der Waals surface area (Å²) in [6, 6.07) is 15.3. The smallest absolute Gasteiger partial charge is 0.232 e. The average Bonchev–Trinajstić information content (AvgIpc) is 2.74. The van der Waals surface area contributed by atoms with E-state index >= 15 is 0 Å². The quantitative estimate of drug-likeness (QED) is 0.727. The number of amides is 2. The summed E-state index contributed by atoms with van der Waals surface area (Å²) in [6.07, 6.45) is 0.546. The molecule has 2 N–H and O–H groups in total. The third-order valence-electron chi connectivity index (χ3n) is 5.24. The first-order chi connectivity index (χ1) is 14.0. The number of aromatic hydroxyl groups is 1. The summed E-state index contributed by atoms with van der Waals surface area (Å²) < 4.78 is 5.12. The van der Waals surface area contributed by atoms with E-state index in [-0.39, 0.29) is 30.0 Å². The van der Waals surface area contributed by atoms with Gasteiger partial charge in [-0.3, -0.25) is 9.59 Å². The molecule has 1 atom stereocenters. The van der Waals surface area contributed by atoms with E-state index in [1.807, 2.05) is 41.3 Å². The zero-order valence-electron chi connectivity index (χ0n) is 16.8. The molecule has 0 saturated carbocycles. The molecule has 29 heavy (non-hydrogen) atoms. The molecule has 1 fully saturated rings. The van der Waals surface area contributed by atoms with Gasteiger partial charge in [0, 0.05) is 38.4 Å². The number of methoxy groups -OCH3 is 1. The molecule has 0 aromatic heterocycles. The SMILES string of the molecule is CNC(=O)CC(=O)N1CCN(c2ccc(OC)c(O)c2)C[C@@H]1Cc1ccccc1. The van der Waals surface area contributed by atoms with E-state index < -0.39 is 0 Å². The topological polar surface area (TPSA) is 82.1 Å². The Morgan fingerprint density at radius 3 is 2.59 bits per heavy atom. The third kappa shape index (κ3) is 4.99. The van der Waals surface area contributed by atoms with Gasteiger partial charge in [0.05, 0.1) is 13.2 Å². The Morgan fingerprint density at radius 2 is 1.93 bits per heavy atom. The van der Waals surface area contributed by atoms with Crippen molar-refractivity contribution in [3.63, 3.8) is 0 Å². The summed E-state index contributed by atoms with van der Waals surface area (Å²) in [5, 5.41) is 12.6. The Kier molecular flexibility index (Phi) is 6.59. The predicted molar refractivity (Wildman–Crippen MR) is 111 cm³/mol. The standard InChI is InChI=1S/C22H27N3O4/c1-23-21(27)14-22(28)25-11-10-24(17-8-9-20(29-2)19(26)13-17)15-18(25)12-16-6-4-3-5-7-16/h3-9,13,18,26H,10-12,14-15H2,1-2H3,(H,23,27)/t18-/m0/s1. The van der Waals surface area contributed by atoms with Crippen molar-refractivity contribution in [2.75, 3.05) is 38.7 Å². The third-order valence-corrected chi connectivity index (χ3v) is 5.24. The lowest BCUT2D eigenvalue weighted by Gasteiger charge is -2.42. The van der Waals surface area contributed by atoms with Crippen LogP contribution in [0.3, 0.4) is 0 Å². The van der Waals surface area contributed by atoms with E-state index in [0.29, 0.717) is 31.8 Å². The highest BCUT2D eigenvalue weighted by molar-refractivity contribution is 5.97. The van der Waals surface area contributed by atoms with Gasteiger partial charge in [-0.2, -0.15) is 0 Å². The maximum atomic E-state index is 12.7. The van der Waals surface area contributed by atoms with Crippen LogP contribution >= 0.6 is 0 Å². The van der Waals surface area contributed by atoms with E-state index in [0.717, 1.165) is 11.3 Å². The number of rotatable bonds is 6. The van der Waals surface area contributed by atoms with Crippen molar-refractivity contribution in [1.29, 1.82) is 0 Å². The van der Waals surface area contributed by atoms with Gasteiger partial charge in [-0.1, -0.05) is 30.3 Å². The fourth-order valence-electron chi connectivity index (χ4n) is 3.68. The van der Waals surface area contributed by atoms with Crippen LogP contribution in [0.15, 0.2) is 48.5 Å². The molecule has 0 aliphatic carbocycles. The lowest BCUT2D eigenvalue weighted by molar-refractivity contribution is -0.138. The lowest BCUT2D eigenvalue weighted by atomic mass is 10.0. The van der Waals surface area contributed by atoms with Crippen LogP contribution in [-0.2, 0) is 16.0 Å². The molecule has 1 heterocycles. The van der Waals surface area contributed by atoms with Gasteiger partial charge in [0.2, 0.25) is 11.8 Å². The van der Waals surface area contributed by atoms with E-state index in [2.05, 4.69) is 10.2 Å². The first-order valence-corrected chi connectivity index (χ1v) is 9.67. The van der Waals surface area contributed by atoms with Crippen LogP contribution in [-0.4, -0.2) is 61.7 Å². The first-order valence-electron chi connectivity index (χ1n) is 9.67. The maximum absolute atomic E-state index is 12.7. The van der Waals surface area contributed by atoms with Gasteiger partial charge in [-0.15, -0.1) is 0 Å². The number of nitrogens with one attached hydrogen (secondary N) is 1. The zero-order valence-corrected chi connectivity index (χ0v) is 16.8. The fraction of sp³-hybridized carbons (Fsp3) is 0.364. The number of carbonyl (C=O) groups is 2. The molecule has 3 rings (SSSR count). The summed E-state index contributed by atoms with van der Waals surface area (Å²) in [6.45, 7) is 1.75. The minimum atomic E-state index is -0.282. The number of piperazine rings is 1. The first kappa shape index (κ1) is 20.5. The summed E-state index contributed by atoms with van der Waals surface area (Å²) >= 11 is 0. The largest absolute Gasteiger partial charge is 0.504 e. The Bertz CT molecular complexity index is 856. The van der Waals surface area contributed by atoms with Crippen LogP contribution in [0.5, 0.6) is 11.5 Å². The van der Waals surface area contributed by atoms with Crippen molar-refractivity contribution < 1.29 is 19.4 Å². The highest BCUT2D eigenvalue weighted by atomic mass is 16.5. The van der Waals surface area contributed by atoms with Gasteiger partial charge in [0.1, 0.15) is 6.42 Å². The monoisotopic (exact) mass is 397 g/mol. The van der Waals surface area contributed by atoms with Crippen LogP contribution in [0.1, 0.15) is 12.0 Å². The van der Waals surface area contributed by atoms with E-state index in [1.165, 1.54) is 14.2 Å². The molecule has 0 radical (unpaired) electrons. The van der Waals surface area contributed by atoms with E-state index in [9.17, 15) is 14.7 Å². The van der Waals surface area contributed by atoms with Crippen LogP contribution in [0, 0.1) is 0 Å². The molecule has 7 nitrogen and oxygen atoms in total. The van der Waals surface area contributed by atoms with Gasteiger partial charge in [0.25, 0.3) is 0 Å². The molecular formula is C22H27N3O4. The Balaban J connectivity index is 1.80. The molecule has 0 unspecified atom stereocenters. The number of carbonyl (C=O) groups excluding carboxylic acids is 2. The maximum Gasteiger partial charge on any atom is 0.232 e. The summed E-state index contributed by atoms with van der Waals surface area (Å²) in [7, 11) is 3.05. The van der Waals surface area contributed by atoms with Crippen LogP contribution in [0.25, 0.3) is 0 Å². The second-order valence-electron chi connectivity index (χ2n) is 7.08. The molecule has 1 saturated heterocycles. The molecule has 2 amide bonds. The molecule has 2 aromatic carbocycles. The Morgan fingerprint density at radius 1 is 1.17 bits per heavy atom. The lowest BCUT2D eigenvalue weighted by Crippen LogP contribution is -2.56. The number of ether oxygens (including phenoxy) is 1. The van der Waals surface area contributed by atoms with Crippen molar-refractivity contribution in [2.24, 2.45) is 0 Å². The number of nitrogens with zero attached hydrogens (tertiary/aromatic N) is 2. The van der Waals surface area contributed by atoms with Crippen molar-refractivity contribution in [1.82, 2.24) is 10.2 Å². The number of phenolic OH excluding ortho intramolecular Hbond substituents is 1. The van der Waals surface area contributed by atoms with Crippen molar-refractivity contribution in [2.45, 2.75) is 18.9 Å². The Labute approximate surface area is 170 Å². The van der Waals surface area contributed by atoms with Crippen LogP contribution in [0.2, 0.25) is 0 Å². The number of hydrogen-bond donors (Lipinski definition) is 2. The predicted octanol–water partition coefficient (Wildman–Crippen LogP) is 1.80. The minimum absolute atomic E-state index is 0.0763. The van der Waals surface area contributed by atoms with Crippen molar-refractivity contribution in [3.8, 4) is 11.5 Å². The molecular weight excluding hydrogens is 370 g/mol. The van der Waals surface area contributed by atoms with Gasteiger partial charge in [-0.25, -0.2) is 0 Å². The summed E-state index contributed by atoms with van der Waals surface area (Å²) in [5.74, 6) is 0.0650. The number of anilines is 1. The fourth-order valence-corrected chi connectivity index (χ4v) is 3.68. The van der Waals surface area contributed by atoms with Crippen molar-refractivity contribution in [3.05, 3.63) is 54.1 Å². The molecule has 7 heteroatoms. The molecule has 154 valence electrons. The molecule has 1 aliphatic rings. The van der Waals surface area contributed by atoms with Gasteiger partial charge in [0.15, 0.2) is 11.5 Å². The van der Waals surface area contributed by atoms with E-state index in [1.54, 1.807) is 12.1 Å².